The van der Waals surface area contributed by atoms with Crippen LogP contribution in [0.5, 0.6) is 0 Å². The van der Waals surface area contributed by atoms with Crippen molar-refractivity contribution in [2.45, 2.75) is 50.8 Å². The van der Waals surface area contributed by atoms with E-state index in [-0.39, 0.29) is 16.5 Å². The van der Waals surface area contributed by atoms with E-state index in [0.29, 0.717) is 6.42 Å². The molecule has 1 unspecified atom stereocenters. The molecule has 0 N–H and O–H groups in total. The van der Waals surface area contributed by atoms with E-state index in [1.165, 1.54) is 0 Å². The second kappa shape index (κ2) is 7.21. The summed E-state index contributed by atoms with van der Waals surface area (Å²) in [5, 5.41) is 0. The zero-order chi connectivity index (χ0) is 15.4. The molecule has 0 fully saturated rings. The molecule has 0 aromatic heterocycles. The van der Waals surface area contributed by atoms with Crippen molar-refractivity contribution in [3.8, 4) is 0 Å². The molecule has 1 heterocycles. The third-order valence-electron chi connectivity index (χ3n) is 3.95. The van der Waals surface area contributed by atoms with Crippen molar-refractivity contribution in [2.75, 3.05) is 11.4 Å². The number of amides is 1. The molecule has 3 nitrogen and oxygen atoms in total. The second-order valence-corrected chi connectivity index (χ2v) is 6.59. The summed E-state index contributed by atoms with van der Waals surface area (Å²) >= 11 is 3.41. The van der Waals surface area contributed by atoms with E-state index in [4.69, 9.17) is 0 Å². The van der Waals surface area contributed by atoms with Gasteiger partial charge in [0.15, 0.2) is 5.78 Å². The lowest BCUT2D eigenvalue weighted by Gasteiger charge is -2.17. The molecule has 114 valence electrons. The lowest BCUT2D eigenvalue weighted by atomic mass is 10.0. The van der Waals surface area contributed by atoms with Gasteiger partial charge in [0, 0.05) is 24.2 Å². The van der Waals surface area contributed by atoms with Crippen LogP contribution >= 0.6 is 15.9 Å². The van der Waals surface area contributed by atoms with E-state index in [1.807, 2.05) is 30.0 Å². The monoisotopic (exact) mass is 351 g/mol. The van der Waals surface area contributed by atoms with Gasteiger partial charge in [0.25, 0.3) is 0 Å². The number of fused-ring (bicyclic) bond motifs is 1. The molecule has 4 heteroatoms. The van der Waals surface area contributed by atoms with Crippen molar-refractivity contribution in [3.05, 3.63) is 29.3 Å². The van der Waals surface area contributed by atoms with Gasteiger partial charge in [0.05, 0.1) is 4.83 Å². The number of carbonyl (C=O) groups is 2. The van der Waals surface area contributed by atoms with Crippen LogP contribution in [-0.4, -0.2) is 23.1 Å². The van der Waals surface area contributed by atoms with E-state index in [9.17, 15) is 9.59 Å². The smallest absolute Gasteiger partial charge is 0.226 e. The fourth-order valence-corrected chi connectivity index (χ4v) is 2.91. The molecule has 0 radical (unpaired) electrons. The molecule has 1 aromatic rings. The van der Waals surface area contributed by atoms with Gasteiger partial charge in [0.2, 0.25) is 5.91 Å². The third-order valence-corrected chi connectivity index (χ3v) is 5.01. The van der Waals surface area contributed by atoms with E-state index in [0.717, 1.165) is 49.0 Å². The van der Waals surface area contributed by atoms with Crippen molar-refractivity contribution >= 4 is 33.3 Å². The van der Waals surface area contributed by atoms with Crippen LogP contribution in [0.3, 0.4) is 0 Å². The van der Waals surface area contributed by atoms with Gasteiger partial charge >= 0.3 is 0 Å². The Bertz CT molecular complexity index is 542. The van der Waals surface area contributed by atoms with Gasteiger partial charge in [-0.25, -0.2) is 0 Å². The first-order valence-corrected chi connectivity index (χ1v) is 8.61. The molecule has 2 rings (SSSR count). The number of carbonyl (C=O) groups excluding carboxylic acids is 2. The molecule has 0 saturated carbocycles. The highest BCUT2D eigenvalue weighted by Crippen LogP contribution is 2.30. The van der Waals surface area contributed by atoms with Gasteiger partial charge in [0.1, 0.15) is 0 Å². The number of rotatable bonds is 6. The fraction of sp³-hybridized carbons (Fsp3) is 0.529. The van der Waals surface area contributed by atoms with Gasteiger partial charge in [-0.2, -0.15) is 0 Å². The highest BCUT2D eigenvalue weighted by Gasteiger charge is 2.25. The Hall–Kier alpha value is -1.16. The Morgan fingerprint density at radius 2 is 2.10 bits per heavy atom. The Kier molecular flexibility index (Phi) is 5.57. The Balaban J connectivity index is 2.16. The fourth-order valence-electron chi connectivity index (χ4n) is 2.64. The third kappa shape index (κ3) is 3.54. The quantitative estimate of drug-likeness (QED) is 0.570. The molecule has 1 aliphatic rings. The number of hydrogen-bond donors (Lipinski definition) is 0. The zero-order valence-electron chi connectivity index (χ0n) is 12.7. The molecule has 1 atom stereocenters. The number of nitrogens with zero attached hydrogens (tertiary/aromatic N) is 1. The standard InChI is InChI=1S/C17H22BrNO2/c1-3-5-6-16(20)19-10-9-12-11-13(7-8-15(12)19)17(21)14(18)4-2/h7-8,11,14H,3-6,9-10H2,1-2H3. The van der Waals surface area contributed by atoms with Crippen LogP contribution in [-0.2, 0) is 11.2 Å². The van der Waals surface area contributed by atoms with Crippen molar-refractivity contribution in [3.63, 3.8) is 0 Å². The summed E-state index contributed by atoms with van der Waals surface area (Å²) in [6, 6.07) is 5.72. The predicted octanol–water partition coefficient (Wildman–Crippen LogP) is 4.12. The number of unbranched alkanes of at least 4 members (excludes halogenated alkanes) is 1. The van der Waals surface area contributed by atoms with Crippen LogP contribution < -0.4 is 4.90 Å². The summed E-state index contributed by atoms with van der Waals surface area (Å²) in [7, 11) is 0. The first-order valence-electron chi connectivity index (χ1n) is 7.70. The molecule has 0 spiro atoms. The molecule has 0 aliphatic carbocycles. The number of alkyl halides is 1. The Labute approximate surface area is 134 Å². The number of benzene rings is 1. The Morgan fingerprint density at radius 3 is 2.76 bits per heavy atom. The molecule has 21 heavy (non-hydrogen) atoms. The average Bonchev–Trinajstić information content (AvgIpc) is 2.94. The summed E-state index contributed by atoms with van der Waals surface area (Å²) < 4.78 is 0. The van der Waals surface area contributed by atoms with Crippen molar-refractivity contribution in [2.24, 2.45) is 0 Å². The molecule has 1 amide bonds. The minimum Gasteiger partial charge on any atom is -0.312 e. The van der Waals surface area contributed by atoms with Crippen molar-refractivity contribution in [1.29, 1.82) is 0 Å². The summed E-state index contributed by atoms with van der Waals surface area (Å²) in [6.07, 6.45) is 4.19. The van der Waals surface area contributed by atoms with Crippen LogP contribution in [0.15, 0.2) is 18.2 Å². The lowest BCUT2D eigenvalue weighted by Crippen LogP contribution is -2.28. The zero-order valence-corrected chi connectivity index (χ0v) is 14.3. The second-order valence-electron chi connectivity index (χ2n) is 5.48. The number of ketones is 1. The van der Waals surface area contributed by atoms with Gasteiger partial charge in [-0.15, -0.1) is 0 Å². The number of hydrogen-bond acceptors (Lipinski definition) is 2. The van der Waals surface area contributed by atoms with Crippen molar-refractivity contribution < 1.29 is 9.59 Å². The van der Waals surface area contributed by atoms with Crippen LogP contribution in [0.2, 0.25) is 0 Å². The van der Waals surface area contributed by atoms with Gasteiger partial charge in [-0.05, 0) is 43.0 Å². The number of halogens is 1. The minimum absolute atomic E-state index is 0.121. The molecular formula is C17H22BrNO2. The average molecular weight is 352 g/mol. The van der Waals surface area contributed by atoms with Crippen LogP contribution in [0, 0.1) is 0 Å². The highest BCUT2D eigenvalue weighted by molar-refractivity contribution is 9.10. The molecule has 0 bridgehead atoms. The Morgan fingerprint density at radius 1 is 1.33 bits per heavy atom. The van der Waals surface area contributed by atoms with E-state index < -0.39 is 0 Å². The van der Waals surface area contributed by atoms with Gasteiger partial charge in [-0.1, -0.05) is 36.2 Å². The van der Waals surface area contributed by atoms with Crippen LogP contribution in [0.1, 0.15) is 55.5 Å². The van der Waals surface area contributed by atoms with Crippen molar-refractivity contribution in [1.82, 2.24) is 0 Å². The predicted molar refractivity (Wildman–Crippen MR) is 89.4 cm³/mol. The SMILES string of the molecule is CCCCC(=O)N1CCc2cc(C(=O)C(Br)CC)ccc21. The first-order chi connectivity index (χ1) is 10.1. The van der Waals surface area contributed by atoms with Crippen LogP contribution in [0.25, 0.3) is 0 Å². The summed E-state index contributed by atoms with van der Waals surface area (Å²) in [6.45, 7) is 4.81. The molecule has 1 aliphatic heterocycles. The summed E-state index contributed by atoms with van der Waals surface area (Å²) in [5.41, 5.74) is 2.83. The molecule has 1 aromatic carbocycles. The maximum absolute atomic E-state index is 12.2. The minimum atomic E-state index is -0.126. The van der Waals surface area contributed by atoms with E-state index in [2.05, 4.69) is 22.9 Å². The first kappa shape index (κ1) is 16.2. The summed E-state index contributed by atoms with van der Waals surface area (Å²) in [5.74, 6) is 0.317. The van der Waals surface area contributed by atoms with Gasteiger partial charge < -0.3 is 4.90 Å². The highest BCUT2D eigenvalue weighted by atomic mass is 79.9. The topological polar surface area (TPSA) is 37.4 Å². The summed E-state index contributed by atoms with van der Waals surface area (Å²) in [4.78, 5) is 26.1. The molecule has 0 saturated heterocycles. The largest absolute Gasteiger partial charge is 0.312 e. The van der Waals surface area contributed by atoms with E-state index >= 15 is 0 Å². The maximum atomic E-state index is 12.2. The van der Waals surface area contributed by atoms with Gasteiger partial charge in [-0.3, -0.25) is 9.59 Å². The number of Topliss-reactive ketones (excluding diaryl/α,β-unsaturated/α-hetero) is 1. The lowest BCUT2D eigenvalue weighted by molar-refractivity contribution is -0.118. The molecular weight excluding hydrogens is 330 g/mol. The maximum Gasteiger partial charge on any atom is 0.226 e. The van der Waals surface area contributed by atoms with E-state index in [1.54, 1.807) is 0 Å². The van der Waals surface area contributed by atoms with Crippen LogP contribution in [0.4, 0.5) is 5.69 Å². The number of anilines is 1. The normalized spacial score (nSPS) is 14.9.